The monoisotopic (exact) mass is 279 g/mol. The minimum Gasteiger partial charge on any atom is -0.138 e. The van der Waals surface area contributed by atoms with Gasteiger partial charge in [0.25, 0.3) is 0 Å². The smallest absolute Gasteiger partial charge is 0.138 e. The van der Waals surface area contributed by atoms with Gasteiger partial charge in [-0.05, 0) is 47.3 Å². The van der Waals surface area contributed by atoms with Crippen molar-refractivity contribution in [1.82, 2.24) is 0 Å². The lowest BCUT2D eigenvalue weighted by molar-refractivity contribution is 0.0538. The molecule has 19 heavy (non-hydrogen) atoms. The lowest BCUT2D eigenvalue weighted by atomic mass is 9.75. The number of rotatable bonds is 4. The molecule has 0 saturated heterocycles. The summed E-state index contributed by atoms with van der Waals surface area (Å²) >= 11 is 0. The lowest BCUT2D eigenvalue weighted by Crippen LogP contribution is -2.33. The van der Waals surface area contributed by atoms with Gasteiger partial charge in [-0.3, -0.25) is 0 Å². The van der Waals surface area contributed by atoms with Crippen LogP contribution in [0.1, 0.15) is 40.0 Å². The van der Waals surface area contributed by atoms with Gasteiger partial charge in [-0.25, -0.2) is 0 Å². The van der Waals surface area contributed by atoms with Gasteiger partial charge < -0.3 is 0 Å². The van der Waals surface area contributed by atoms with Gasteiger partial charge in [-0.15, -0.1) is 4.52 Å². The highest BCUT2D eigenvalue weighted by Crippen LogP contribution is 2.39. The largest absolute Gasteiger partial charge is 0.548 e. The maximum Gasteiger partial charge on any atom is 0.548 e. The number of hydrogen-bond donors (Lipinski definition) is 0. The molecule has 0 aromatic heterocycles. The van der Waals surface area contributed by atoms with Gasteiger partial charge in [0.05, 0.1) is 0 Å². The number of benzene rings is 1. The third-order valence-corrected chi connectivity index (χ3v) is 5.34. The van der Waals surface area contributed by atoms with Crippen molar-refractivity contribution in [3.05, 3.63) is 30.3 Å². The van der Waals surface area contributed by atoms with Crippen LogP contribution in [0.2, 0.25) is 0 Å². The number of hydrogen-bond acceptors (Lipinski definition) is 2. The maximum atomic E-state index is 12.3. The van der Waals surface area contributed by atoms with E-state index in [0.717, 1.165) is 11.7 Å². The zero-order valence-corrected chi connectivity index (χ0v) is 13.0. The Balaban J connectivity index is 2.04. The molecule has 0 bridgehead atoms. The summed E-state index contributed by atoms with van der Waals surface area (Å²) in [4.78, 5) is 0. The van der Waals surface area contributed by atoms with E-state index >= 15 is 0 Å². The minimum atomic E-state index is -1.72. The average molecular weight is 279 g/mol. The first-order valence-corrected chi connectivity index (χ1v) is 8.44. The Kier molecular flexibility index (Phi) is 5.13. The third-order valence-electron chi connectivity index (χ3n) is 4.16. The molecule has 2 nitrogen and oxygen atoms in total. The summed E-state index contributed by atoms with van der Waals surface area (Å²) in [5.41, 5.74) is 0. The Hall–Kier alpha value is -0.720. The molecule has 0 spiro atoms. The molecular weight excluding hydrogens is 255 g/mol. The molecule has 3 heteroatoms. The van der Waals surface area contributed by atoms with Crippen LogP contribution < -0.4 is 5.30 Å². The second-order valence-corrected chi connectivity index (χ2v) is 7.30. The fraction of sp³-hybridized carbons (Fsp3) is 0.625. The van der Waals surface area contributed by atoms with E-state index in [1.165, 1.54) is 12.8 Å². The summed E-state index contributed by atoms with van der Waals surface area (Å²) in [7, 11) is -1.72. The molecule has 3 unspecified atom stereocenters. The Bertz CT molecular complexity index is 416. The molecule has 104 valence electrons. The van der Waals surface area contributed by atoms with E-state index in [1.807, 2.05) is 30.3 Å². The van der Waals surface area contributed by atoms with Crippen molar-refractivity contribution in [1.29, 1.82) is 0 Å². The summed E-state index contributed by atoms with van der Waals surface area (Å²) in [5, 5.41) is 0.804. The SMILES string of the molecule is CC1CCC(C(C)C)[C@H](O[P+](=O)c2ccccc2)C1. The van der Waals surface area contributed by atoms with Crippen molar-refractivity contribution >= 4 is 13.3 Å². The molecule has 0 heterocycles. The van der Waals surface area contributed by atoms with Crippen LogP contribution in [0, 0.1) is 17.8 Å². The predicted octanol–water partition coefficient (Wildman–Crippen LogP) is 4.53. The molecule has 2 rings (SSSR count). The molecule has 1 saturated carbocycles. The highest BCUT2D eigenvalue weighted by atomic mass is 31.1. The normalized spacial score (nSPS) is 28.4. The summed E-state index contributed by atoms with van der Waals surface area (Å²) in [6.07, 6.45) is 3.65. The highest BCUT2D eigenvalue weighted by Gasteiger charge is 2.38. The van der Waals surface area contributed by atoms with Crippen molar-refractivity contribution in [2.24, 2.45) is 17.8 Å². The van der Waals surface area contributed by atoms with E-state index in [0.29, 0.717) is 17.8 Å². The Morgan fingerprint density at radius 3 is 2.53 bits per heavy atom. The van der Waals surface area contributed by atoms with Gasteiger partial charge in [0.15, 0.2) is 0 Å². The molecule has 1 aromatic carbocycles. The summed E-state index contributed by atoms with van der Waals surface area (Å²) in [6, 6.07) is 9.53. The van der Waals surface area contributed by atoms with E-state index < -0.39 is 8.03 Å². The first-order valence-electron chi connectivity index (χ1n) is 7.27. The molecule has 1 fully saturated rings. The van der Waals surface area contributed by atoms with Crippen LogP contribution in [-0.2, 0) is 9.09 Å². The van der Waals surface area contributed by atoms with Crippen molar-refractivity contribution in [3.8, 4) is 0 Å². The van der Waals surface area contributed by atoms with Crippen LogP contribution in [0.25, 0.3) is 0 Å². The first kappa shape index (κ1) is 14.7. The van der Waals surface area contributed by atoms with Gasteiger partial charge in [0.1, 0.15) is 6.10 Å². The Morgan fingerprint density at radius 1 is 1.21 bits per heavy atom. The predicted molar refractivity (Wildman–Crippen MR) is 79.9 cm³/mol. The fourth-order valence-electron chi connectivity index (χ4n) is 2.97. The van der Waals surface area contributed by atoms with Crippen molar-refractivity contribution in [3.63, 3.8) is 0 Å². The zero-order valence-electron chi connectivity index (χ0n) is 12.1. The van der Waals surface area contributed by atoms with Crippen LogP contribution in [-0.4, -0.2) is 6.10 Å². The molecule has 0 aliphatic heterocycles. The highest BCUT2D eigenvalue weighted by molar-refractivity contribution is 7.48. The molecule has 4 atom stereocenters. The van der Waals surface area contributed by atoms with Crippen LogP contribution in [0.15, 0.2) is 30.3 Å². The molecule has 0 amide bonds. The summed E-state index contributed by atoms with van der Waals surface area (Å²) < 4.78 is 18.2. The fourth-order valence-corrected chi connectivity index (χ4v) is 4.00. The van der Waals surface area contributed by atoms with E-state index in [-0.39, 0.29) is 6.10 Å². The van der Waals surface area contributed by atoms with Crippen molar-refractivity contribution < 1.29 is 9.09 Å². The Morgan fingerprint density at radius 2 is 1.89 bits per heavy atom. The van der Waals surface area contributed by atoms with Gasteiger partial charge in [-0.1, -0.05) is 45.4 Å². The van der Waals surface area contributed by atoms with Gasteiger partial charge in [-0.2, -0.15) is 0 Å². The molecule has 0 radical (unpaired) electrons. The van der Waals surface area contributed by atoms with Gasteiger partial charge >= 0.3 is 8.03 Å². The third kappa shape index (κ3) is 3.87. The molecule has 1 aliphatic rings. The second kappa shape index (κ2) is 6.63. The van der Waals surface area contributed by atoms with Crippen LogP contribution in [0.4, 0.5) is 0 Å². The standard InChI is InChI=1S/C16H24O2P/c1-12(2)15-10-9-13(3)11-16(15)18-19(17)14-7-5-4-6-8-14/h4-8,12-13,15-16H,9-11H2,1-3H3/q+1/t13?,15?,16-/m1/s1. The van der Waals surface area contributed by atoms with Crippen molar-refractivity contribution in [2.45, 2.75) is 46.1 Å². The van der Waals surface area contributed by atoms with E-state index in [1.54, 1.807) is 0 Å². The van der Waals surface area contributed by atoms with E-state index in [4.69, 9.17) is 4.52 Å². The maximum absolute atomic E-state index is 12.3. The quantitative estimate of drug-likeness (QED) is 0.757. The lowest BCUT2D eigenvalue weighted by Gasteiger charge is -2.33. The van der Waals surface area contributed by atoms with Crippen LogP contribution in [0.3, 0.4) is 0 Å². The second-order valence-electron chi connectivity index (χ2n) is 6.06. The van der Waals surface area contributed by atoms with E-state index in [2.05, 4.69) is 20.8 Å². The zero-order chi connectivity index (χ0) is 13.8. The summed E-state index contributed by atoms with van der Waals surface area (Å²) in [5.74, 6) is 1.81. The Labute approximate surface area is 117 Å². The van der Waals surface area contributed by atoms with Gasteiger partial charge in [0.2, 0.25) is 5.30 Å². The van der Waals surface area contributed by atoms with Gasteiger partial charge in [0, 0.05) is 0 Å². The molecular formula is C16H24O2P+. The minimum absolute atomic E-state index is 0.146. The van der Waals surface area contributed by atoms with Crippen molar-refractivity contribution in [2.75, 3.05) is 0 Å². The topological polar surface area (TPSA) is 26.3 Å². The summed E-state index contributed by atoms with van der Waals surface area (Å²) in [6.45, 7) is 6.75. The van der Waals surface area contributed by atoms with E-state index in [9.17, 15) is 4.57 Å². The van der Waals surface area contributed by atoms with Crippen LogP contribution >= 0.6 is 8.03 Å². The molecule has 1 aromatic rings. The molecule has 0 N–H and O–H groups in total. The van der Waals surface area contributed by atoms with Crippen LogP contribution in [0.5, 0.6) is 0 Å². The molecule has 1 aliphatic carbocycles. The average Bonchev–Trinajstić information content (AvgIpc) is 2.39. The first-order chi connectivity index (χ1) is 9.08.